The van der Waals surface area contributed by atoms with Gasteiger partial charge in [-0.1, -0.05) is 61.3 Å². The fourth-order valence-corrected chi connectivity index (χ4v) is 6.93. The second-order valence-corrected chi connectivity index (χ2v) is 12.4. The fraction of sp³-hybridized carbons (Fsp3) is 0.394. The molecule has 0 radical (unpaired) electrons. The Morgan fingerprint density at radius 3 is 1.69 bits per heavy atom. The molecule has 2 aromatic carbocycles. The average Bonchev–Trinajstić information content (AvgIpc) is 3.55. The monoisotopic (exact) mass is 648 g/mol. The molecular formula is C33H38Cl2N8O2. The molecule has 0 saturated heterocycles. The number of carbonyl (C=O) groups is 2. The molecule has 0 saturated carbocycles. The molecule has 10 nitrogen and oxygen atoms in total. The number of halogens is 2. The molecule has 0 unspecified atom stereocenters. The van der Waals surface area contributed by atoms with Crippen LogP contribution in [0.15, 0.2) is 36.4 Å². The largest absolute Gasteiger partial charge is 0.327 e. The molecule has 2 aliphatic heterocycles. The van der Waals surface area contributed by atoms with E-state index in [0.717, 1.165) is 81.3 Å². The van der Waals surface area contributed by atoms with Crippen molar-refractivity contribution in [2.75, 3.05) is 36.8 Å². The maximum absolute atomic E-state index is 13.4. The van der Waals surface area contributed by atoms with E-state index >= 15 is 0 Å². The molecule has 2 aliphatic rings. The minimum absolute atomic E-state index is 0.333. The van der Waals surface area contributed by atoms with Gasteiger partial charge in [-0.2, -0.15) is 0 Å². The predicted octanol–water partition coefficient (Wildman–Crippen LogP) is 5.78. The van der Waals surface area contributed by atoms with Crippen molar-refractivity contribution in [2.45, 2.75) is 46.2 Å². The van der Waals surface area contributed by atoms with Gasteiger partial charge in [-0.3, -0.25) is 19.4 Å². The molecule has 4 heterocycles. The van der Waals surface area contributed by atoms with Gasteiger partial charge in [0, 0.05) is 75.6 Å². The molecule has 45 heavy (non-hydrogen) atoms. The Morgan fingerprint density at radius 1 is 0.756 bits per heavy atom. The number of carbonyl (C=O) groups excluding carboxylic acids is 2. The third-order valence-electron chi connectivity index (χ3n) is 8.85. The van der Waals surface area contributed by atoms with Gasteiger partial charge in [0.25, 0.3) is 11.8 Å². The smallest absolute Gasteiger partial charge is 0.291 e. The Kier molecular flexibility index (Phi) is 9.01. The third kappa shape index (κ3) is 6.00. The molecule has 6 rings (SSSR count). The van der Waals surface area contributed by atoms with E-state index in [0.29, 0.717) is 44.2 Å². The summed E-state index contributed by atoms with van der Waals surface area (Å²) >= 11 is 13.8. The minimum atomic E-state index is -0.336. The van der Waals surface area contributed by atoms with Crippen molar-refractivity contribution >= 4 is 46.4 Å². The molecule has 0 aliphatic carbocycles. The van der Waals surface area contributed by atoms with Crippen LogP contribution in [-0.4, -0.2) is 66.9 Å². The van der Waals surface area contributed by atoms with Gasteiger partial charge in [0.15, 0.2) is 11.6 Å². The van der Waals surface area contributed by atoms with Crippen LogP contribution in [-0.2, 0) is 40.0 Å². The Hall–Kier alpha value is -3.70. The molecule has 236 valence electrons. The van der Waals surface area contributed by atoms with Crippen LogP contribution in [0, 0.1) is 0 Å². The van der Waals surface area contributed by atoms with Crippen LogP contribution in [0.3, 0.4) is 0 Å². The van der Waals surface area contributed by atoms with E-state index in [1.54, 1.807) is 18.2 Å². The van der Waals surface area contributed by atoms with Crippen LogP contribution in [0.25, 0.3) is 11.1 Å². The van der Waals surface area contributed by atoms with Gasteiger partial charge >= 0.3 is 0 Å². The first-order chi connectivity index (χ1) is 21.7. The van der Waals surface area contributed by atoms with Crippen LogP contribution >= 0.6 is 23.2 Å². The molecule has 2 N–H and O–H groups in total. The number of rotatable bonds is 8. The van der Waals surface area contributed by atoms with E-state index < -0.39 is 0 Å². The lowest BCUT2D eigenvalue weighted by Crippen LogP contribution is -2.31. The van der Waals surface area contributed by atoms with Crippen molar-refractivity contribution in [2.24, 2.45) is 14.1 Å². The molecule has 4 aromatic rings. The Labute approximate surface area is 273 Å². The second-order valence-electron chi connectivity index (χ2n) is 11.7. The summed E-state index contributed by atoms with van der Waals surface area (Å²) in [6.07, 6.45) is 2.78. The van der Waals surface area contributed by atoms with Crippen molar-refractivity contribution in [3.05, 3.63) is 80.9 Å². The minimum Gasteiger partial charge on any atom is -0.327 e. The summed E-state index contributed by atoms with van der Waals surface area (Å²) < 4.78 is 3.75. The first-order valence-corrected chi connectivity index (χ1v) is 16.2. The molecule has 0 fully saturated rings. The van der Waals surface area contributed by atoms with Crippen molar-refractivity contribution in [1.29, 1.82) is 0 Å². The molecule has 2 aromatic heterocycles. The predicted molar refractivity (Wildman–Crippen MR) is 178 cm³/mol. The molecule has 2 amide bonds. The number of imidazole rings is 2. The summed E-state index contributed by atoms with van der Waals surface area (Å²) in [5, 5.41) is 6.57. The number of anilines is 2. The van der Waals surface area contributed by atoms with Crippen molar-refractivity contribution < 1.29 is 9.59 Å². The zero-order chi connectivity index (χ0) is 31.8. The summed E-state index contributed by atoms with van der Waals surface area (Å²) in [6.45, 7) is 9.61. The number of aromatic nitrogens is 4. The normalized spacial score (nSPS) is 15.1. The van der Waals surface area contributed by atoms with Crippen LogP contribution in [0.2, 0.25) is 10.0 Å². The number of amides is 2. The van der Waals surface area contributed by atoms with Gasteiger partial charge in [0.1, 0.15) is 0 Å². The van der Waals surface area contributed by atoms with Gasteiger partial charge in [0.05, 0.1) is 32.8 Å². The van der Waals surface area contributed by atoms with Gasteiger partial charge in [0.2, 0.25) is 0 Å². The molecular weight excluding hydrogens is 611 g/mol. The van der Waals surface area contributed by atoms with Crippen LogP contribution < -0.4 is 10.6 Å². The number of nitrogens with one attached hydrogen (secondary N) is 2. The summed E-state index contributed by atoms with van der Waals surface area (Å²) in [7, 11) is 3.76. The number of nitrogens with zero attached hydrogens (tertiary/aromatic N) is 6. The van der Waals surface area contributed by atoms with E-state index in [2.05, 4.69) is 39.3 Å². The van der Waals surface area contributed by atoms with Gasteiger partial charge in [-0.25, -0.2) is 9.97 Å². The molecule has 12 heteroatoms. The summed E-state index contributed by atoms with van der Waals surface area (Å²) in [5.41, 5.74) is 6.18. The zero-order valence-electron chi connectivity index (χ0n) is 26.1. The van der Waals surface area contributed by atoms with Crippen LogP contribution in [0.1, 0.15) is 64.3 Å². The first-order valence-electron chi connectivity index (χ1n) is 15.4. The first kappa shape index (κ1) is 31.3. The lowest BCUT2D eigenvalue weighted by Gasteiger charge is -2.25. The van der Waals surface area contributed by atoms with E-state index in [-0.39, 0.29) is 11.8 Å². The fourth-order valence-electron chi connectivity index (χ4n) is 6.38. The second kappa shape index (κ2) is 13.0. The SMILES string of the molecule is CCCN1CCc2c(nc(C(=O)Nc3cccc(-c4cccc(NC(=O)c5nc6c(n5C)CCN(CC)C6)c4Cl)c3Cl)n2C)C1. The maximum atomic E-state index is 13.4. The highest BCUT2D eigenvalue weighted by molar-refractivity contribution is 6.40. The van der Waals surface area contributed by atoms with E-state index in [4.69, 9.17) is 28.2 Å². The van der Waals surface area contributed by atoms with Gasteiger partial charge in [-0.15, -0.1) is 0 Å². The lowest BCUT2D eigenvalue weighted by atomic mass is 10.0. The highest BCUT2D eigenvalue weighted by Crippen LogP contribution is 2.40. The third-order valence-corrected chi connectivity index (χ3v) is 9.66. The summed E-state index contributed by atoms with van der Waals surface area (Å²) in [6, 6.07) is 10.8. The number of benzene rings is 2. The Bertz CT molecular complexity index is 1780. The molecule has 0 atom stereocenters. The topological polar surface area (TPSA) is 100 Å². The molecule has 0 bridgehead atoms. The lowest BCUT2D eigenvalue weighted by molar-refractivity contribution is 0.100. The van der Waals surface area contributed by atoms with Crippen LogP contribution in [0.5, 0.6) is 0 Å². The number of likely N-dealkylation sites (N-methyl/N-ethyl adjacent to an activating group) is 1. The van der Waals surface area contributed by atoms with E-state index in [9.17, 15) is 9.59 Å². The quantitative estimate of drug-likeness (QED) is 0.251. The Morgan fingerprint density at radius 2 is 1.22 bits per heavy atom. The Balaban J connectivity index is 1.22. The highest BCUT2D eigenvalue weighted by atomic mass is 35.5. The summed E-state index contributed by atoms with van der Waals surface area (Å²) in [4.78, 5) is 40.8. The van der Waals surface area contributed by atoms with Gasteiger partial charge in [-0.05, 0) is 31.6 Å². The average molecular weight is 650 g/mol. The van der Waals surface area contributed by atoms with Crippen LogP contribution in [0.4, 0.5) is 11.4 Å². The van der Waals surface area contributed by atoms with Gasteiger partial charge < -0.3 is 19.8 Å². The highest BCUT2D eigenvalue weighted by Gasteiger charge is 2.27. The number of hydrogen-bond donors (Lipinski definition) is 2. The number of fused-ring (bicyclic) bond motifs is 2. The van der Waals surface area contributed by atoms with Crippen molar-refractivity contribution in [1.82, 2.24) is 28.9 Å². The standard InChI is InChI=1S/C33H38Cl2N8O2/c1-5-15-43-17-14-27-25(19-43)37-31(41(27)4)33(45)39-23-12-8-10-21(29(23)35)20-9-7-11-22(28(20)34)38-32(44)30-36-24-18-42(6-2)16-13-26(24)40(30)3/h7-12H,5-6,13-19H2,1-4H3,(H,38,44)(H,39,45). The van der Waals surface area contributed by atoms with E-state index in [1.165, 1.54) is 0 Å². The molecule has 0 spiro atoms. The van der Waals surface area contributed by atoms with Crippen molar-refractivity contribution in [3.8, 4) is 11.1 Å². The zero-order valence-corrected chi connectivity index (χ0v) is 27.6. The van der Waals surface area contributed by atoms with Crippen molar-refractivity contribution in [3.63, 3.8) is 0 Å². The maximum Gasteiger partial charge on any atom is 0.291 e. The summed E-state index contributed by atoms with van der Waals surface area (Å²) in [5.74, 6) is 0.0220. The number of hydrogen-bond acceptors (Lipinski definition) is 6. The van der Waals surface area contributed by atoms with E-state index in [1.807, 2.05) is 41.4 Å².